The highest BCUT2D eigenvalue weighted by atomic mass is 19.1. The molecule has 0 spiro atoms. The fourth-order valence-corrected chi connectivity index (χ4v) is 2.38. The van der Waals surface area contributed by atoms with Crippen LogP contribution in [0.25, 0.3) is 6.08 Å². The first-order chi connectivity index (χ1) is 13.7. The van der Waals surface area contributed by atoms with E-state index >= 15 is 0 Å². The van der Waals surface area contributed by atoms with Gasteiger partial charge in [-0.2, -0.15) is 5.26 Å². The second-order valence-electron chi connectivity index (χ2n) is 6.65. The molecule has 2 aromatic carbocycles. The Morgan fingerprint density at radius 1 is 1.10 bits per heavy atom. The van der Waals surface area contributed by atoms with Gasteiger partial charge in [-0.3, -0.25) is 4.79 Å². The highest BCUT2D eigenvalue weighted by Crippen LogP contribution is 2.18. The number of halogens is 2. The number of ether oxygens (including phenoxy) is 1. The lowest BCUT2D eigenvalue weighted by atomic mass is 10.0. The van der Waals surface area contributed by atoms with Gasteiger partial charge in [0, 0.05) is 6.07 Å². The number of anilines is 1. The van der Waals surface area contributed by atoms with Gasteiger partial charge < -0.3 is 10.1 Å². The van der Waals surface area contributed by atoms with Gasteiger partial charge in [-0.15, -0.1) is 0 Å². The fourth-order valence-electron chi connectivity index (χ4n) is 2.38. The van der Waals surface area contributed by atoms with Crippen LogP contribution in [0, 0.1) is 23.0 Å². The zero-order valence-corrected chi connectivity index (χ0v) is 16.2. The van der Waals surface area contributed by atoms with Crippen molar-refractivity contribution in [3.8, 4) is 6.07 Å². The van der Waals surface area contributed by atoms with Crippen molar-refractivity contribution in [2.24, 2.45) is 0 Å². The highest BCUT2D eigenvalue weighted by Gasteiger charge is 2.21. The van der Waals surface area contributed by atoms with Gasteiger partial charge in [-0.25, -0.2) is 13.6 Å². The number of carbonyl (C=O) groups is 2. The van der Waals surface area contributed by atoms with Crippen molar-refractivity contribution < 1.29 is 23.1 Å². The number of esters is 1. The summed E-state index contributed by atoms with van der Waals surface area (Å²) in [6, 6.07) is 11.7. The zero-order chi connectivity index (χ0) is 21.6. The molecule has 29 heavy (non-hydrogen) atoms. The van der Waals surface area contributed by atoms with Gasteiger partial charge in [0.25, 0.3) is 5.91 Å². The number of rotatable bonds is 6. The summed E-state index contributed by atoms with van der Waals surface area (Å²) in [6.45, 7) is 5.38. The first-order valence-corrected chi connectivity index (χ1v) is 8.90. The van der Waals surface area contributed by atoms with E-state index in [9.17, 15) is 23.6 Å². The van der Waals surface area contributed by atoms with Crippen molar-refractivity contribution in [2.75, 3.05) is 5.32 Å². The van der Waals surface area contributed by atoms with Crippen LogP contribution in [-0.2, 0) is 14.3 Å². The van der Waals surface area contributed by atoms with E-state index in [0.717, 1.165) is 17.7 Å². The summed E-state index contributed by atoms with van der Waals surface area (Å²) in [4.78, 5) is 24.3. The van der Waals surface area contributed by atoms with Crippen LogP contribution < -0.4 is 5.32 Å². The topological polar surface area (TPSA) is 79.2 Å². The molecule has 0 bridgehead atoms. The molecule has 0 heterocycles. The minimum Gasteiger partial charge on any atom is -0.448 e. The van der Waals surface area contributed by atoms with Crippen LogP contribution in [0.4, 0.5) is 14.5 Å². The molecule has 0 aliphatic heterocycles. The van der Waals surface area contributed by atoms with E-state index in [4.69, 9.17) is 4.74 Å². The monoisotopic (exact) mass is 398 g/mol. The van der Waals surface area contributed by atoms with E-state index in [-0.39, 0.29) is 11.3 Å². The third-order valence-corrected chi connectivity index (χ3v) is 4.10. The molecule has 0 aromatic heterocycles. The third-order valence-electron chi connectivity index (χ3n) is 4.10. The van der Waals surface area contributed by atoms with Crippen LogP contribution in [0.3, 0.4) is 0 Å². The van der Waals surface area contributed by atoms with Crippen molar-refractivity contribution in [1.82, 2.24) is 0 Å². The van der Waals surface area contributed by atoms with E-state index < -0.39 is 29.6 Å². The minimum atomic E-state index is -1.30. The molecular weight excluding hydrogens is 378 g/mol. The molecule has 1 N–H and O–H groups in total. The number of benzene rings is 2. The predicted octanol–water partition coefficient (Wildman–Crippen LogP) is 4.57. The number of hydrogen-bond acceptors (Lipinski definition) is 4. The second-order valence-corrected chi connectivity index (χ2v) is 6.65. The largest absolute Gasteiger partial charge is 0.448 e. The van der Waals surface area contributed by atoms with Crippen molar-refractivity contribution in [1.29, 1.82) is 5.26 Å². The molecule has 0 radical (unpaired) electrons. The Balaban J connectivity index is 2.05. The average molecular weight is 398 g/mol. The summed E-state index contributed by atoms with van der Waals surface area (Å²) in [5, 5.41) is 11.5. The van der Waals surface area contributed by atoms with Crippen molar-refractivity contribution in [3.63, 3.8) is 0 Å². The minimum absolute atomic E-state index is 0.249. The van der Waals surface area contributed by atoms with Gasteiger partial charge in [0.1, 0.15) is 23.3 Å². The normalized spacial score (nSPS) is 12.2. The van der Waals surface area contributed by atoms with Crippen LogP contribution >= 0.6 is 0 Å². The van der Waals surface area contributed by atoms with E-state index in [0.29, 0.717) is 17.5 Å². The Bertz CT molecular complexity index is 977. The number of nitrogens with one attached hydrogen (secondary N) is 1. The quantitative estimate of drug-likeness (QED) is 0.439. The smallest absolute Gasteiger partial charge is 0.349 e. The summed E-state index contributed by atoms with van der Waals surface area (Å²) in [5.74, 6) is -3.20. The number of hydrogen-bond donors (Lipinski definition) is 1. The van der Waals surface area contributed by atoms with Gasteiger partial charge in [-0.1, -0.05) is 38.1 Å². The lowest BCUT2D eigenvalue weighted by molar-refractivity contribution is -0.148. The standard InChI is InChI=1S/C22H20F2N2O3/c1-13(2)16-6-4-15(5-7-16)10-17(12-25)22(28)29-14(3)21(27)26-20-9-8-18(23)11-19(20)24/h4-11,13-14H,1-3H3,(H,26,27)/b17-10+/t14-/m1/s1. The summed E-state index contributed by atoms with van der Waals surface area (Å²) in [5.41, 5.74) is 1.21. The first kappa shape index (κ1) is 21.8. The molecule has 150 valence electrons. The second kappa shape index (κ2) is 9.60. The number of amides is 1. The van der Waals surface area contributed by atoms with Crippen molar-refractivity contribution in [2.45, 2.75) is 32.8 Å². The fraction of sp³-hybridized carbons (Fsp3) is 0.227. The Labute approximate surface area is 167 Å². The van der Waals surface area contributed by atoms with Crippen LogP contribution in [0.2, 0.25) is 0 Å². The molecule has 0 aliphatic rings. The lowest BCUT2D eigenvalue weighted by Gasteiger charge is -2.13. The van der Waals surface area contributed by atoms with E-state index in [1.165, 1.54) is 13.0 Å². The van der Waals surface area contributed by atoms with E-state index in [2.05, 4.69) is 5.32 Å². The van der Waals surface area contributed by atoms with Crippen molar-refractivity contribution >= 4 is 23.6 Å². The van der Waals surface area contributed by atoms with Gasteiger partial charge in [0.2, 0.25) is 0 Å². The van der Waals surface area contributed by atoms with Crippen LogP contribution in [0.15, 0.2) is 48.0 Å². The van der Waals surface area contributed by atoms with Gasteiger partial charge >= 0.3 is 5.97 Å². The van der Waals surface area contributed by atoms with Gasteiger partial charge in [-0.05, 0) is 42.2 Å². The molecule has 5 nitrogen and oxygen atoms in total. The van der Waals surface area contributed by atoms with Gasteiger partial charge in [0.15, 0.2) is 6.10 Å². The highest BCUT2D eigenvalue weighted by molar-refractivity contribution is 6.01. The Morgan fingerprint density at radius 3 is 2.31 bits per heavy atom. The lowest BCUT2D eigenvalue weighted by Crippen LogP contribution is -2.30. The molecule has 0 saturated carbocycles. The molecule has 0 fully saturated rings. The Kier molecular flexibility index (Phi) is 7.21. The molecule has 1 atom stereocenters. The molecule has 0 aliphatic carbocycles. The first-order valence-electron chi connectivity index (χ1n) is 8.90. The molecular formula is C22H20F2N2O3. The van der Waals surface area contributed by atoms with E-state index in [1.807, 2.05) is 26.0 Å². The summed E-state index contributed by atoms with van der Waals surface area (Å²) in [6.07, 6.45) is 0.0588. The van der Waals surface area contributed by atoms with E-state index in [1.54, 1.807) is 18.2 Å². The Morgan fingerprint density at radius 2 is 1.76 bits per heavy atom. The van der Waals surface area contributed by atoms with Crippen LogP contribution in [0.5, 0.6) is 0 Å². The third kappa shape index (κ3) is 5.98. The Hall–Kier alpha value is -3.53. The maximum atomic E-state index is 13.6. The molecule has 0 saturated heterocycles. The maximum Gasteiger partial charge on any atom is 0.349 e. The van der Waals surface area contributed by atoms with Crippen molar-refractivity contribution in [3.05, 3.63) is 70.8 Å². The summed E-state index contributed by atoms with van der Waals surface area (Å²) in [7, 11) is 0. The molecule has 7 heteroatoms. The zero-order valence-electron chi connectivity index (χ0n) is 16.2. The molecule has 0 unspecified atom stereocenters. The van der Waals surface area contributed by atoms with Crippen LogP contribution in [0.1, 0.15) is 37.8 Å². The average Bonchev–Trinajstić information content (AvgIpc) is 2.68. The molecule has 2 aromatic rings. The predicted molar refractivity (Wildman–Crippen MR) is 105 cm³/mol. The molecule has 1 amide bonds. The van der Waals surface area contributed by atoms with Gasteiger partial charge in [0.05, 0.1) is 5.69 Å². The van der Waals surface area contributed by atoms with Crippen LogP contribution in [-0.4, -0.2) is 18.0 Å². The maximum absolute atomic E-state index is 13.6. The molecule has 2 rings (SSSR count). The summed E-state index contributed by atoms with van der Waals surface area (Å²) >= 11 is 0. The number of nitriles is 1. The SMILES string of the molecule is CC(C)c1ccc(/C=C(\C#N)C(=O)O[C@H](C)C(=O)Nc2ccc(F)cc2F)cc1. The summed E-state index contributed by atoms with van der Waals surface area (Å²) < 4.78 is 31.5. The number of nitrogens with zero attached hydrogens (tertiary/aromatic N) is 1. The number of carbonyl (C=O) groups excluding carboxylic acids is 2.